The van der Waals surface area contributed by atoms with Gasteiger partial charge in [-0.25, -0.2) is 0 Å². The van der Waals surface area contributed by atoms with Crippen LogP contribution in [0.5, 0.6) is 0 Å². The summed E-state index contributed by atoms with van der Waals surface area (Å²) in [6.07, 6.45) is 3.64. The smallest absolute Gasteiger partial charge is 0.223 e. The average molecular weight is 385 g/mol. The van der Waals surface area contributed by atoms with E-state index in [1.807, 2.05) is 47.7 Å². The van der Waals surface area contributed by atoms with Gasteiger partial charge >= 0.3 is 0 Å². The van der Waals surface area contributed by atoms with Crippen LogP contribution < -0.4 is 0 Å². The molecule has 3 rings (SSSR count). The van der Waals surface area contributed by atoms with Crippen LogP contribution in [-0.2, 0) is 17.8 Å². The van der Waals surface area contributed by atoms with Crippen LogP contribution >= 0.6 is 11.6 Å². The standard InChI is InChI=1S/C21H25ClN4O/c1-15-19(16(2)26(24-15)14-4-12-23)10-11-21(27)25-13-3-5-20(25)17-6-8-18(22)9-7-17/h6-9,20H,3-5,10-11,13-14H2,1-2H3/t20-/m0/s1. The summed E-state index contributed by atoms with van der Waals surface area (Å²) in [4.78, 5) is 14.9. The molecule has 5 nitrogen and oxygen atoms in total. The molecule has 1 aromatic heterocycles. The molecule has 1 amide bonds. The minimum absolute atomic E-state index is 0.148. The van der Waals surface area contributed by atoms with E-state index in [4.69, 9.17) is 16.9 Å². The molecule has 1 aliphatic heterocycles. The Hall–Kier alpha value is -2.32. The van der Waals surface area contributed by atoms with Crippen LogP contribution in [0.15, 0.2) is 24.3 Å². The molecule has 142 valence electrons. The number of amides is 1. The highest BCUT2D eigenvalue weighted by molar-refractivity contribution is 6.30. The van der Waals surface area contributed by atoms with Gasteiger partial charge in [-0.3, -0.25) is 9.48 Å². The second-order valence-corrected chi connectivity index (χ2v) is 7.51. The highest BCUT2D eigenvalue weighted by atomic mass is 35.5. The molecule has 1 atom stereocenters. The van der Waals surface area contributed by atoms with Crippen molar-refractivity contribution in [3.8, 4) is 6.07 Å². The first-order valence-corrected chi connectivity index (χ1v) is 9.84. The molecule has 27 heavy (non-hydrogen) atoms. The summed E-state index contributed by atoms with van der Waals surface area (Å²) in [5, 5.41) is 14.0. The monoisotopic (exact) mass is 384 g/mol. The number of nitrogens with zero attached hydrogens (tertiary/aromatic N) is 4. The molecule has 0 aliphatic carbocycles. The first-order chi connectivity index (χ1) is 13.0. The largest absolute Gasteiger partial charge is 0.336 e. The molecule has 0 saturated carbocycles. The highest BCUT2D eigenvalue weighted by Gasteiger charge is 2.29. The van der Waals surface area contributed by atoms with Crippen molar-refractivity contribution in [1.82, 2.24) is 14.7 Å². The summed E-state index contributed by atoms with van der Waals surface area (Å²) in [5.41, 5.74) is 4.30. The zero-order valence-corrected chi connectivity index (χ0v) is 16.7. The quantitative estimate of drug-likeness (QED) is 0.743. The normalized spacial score (nSPS) is 16.5. The van der Waals surface area contributed by atoms with E-state index < -0.39 is 0 Å². The number of benzene rings is 1. The molecule has 1 fully saturated rings. The Morgan fingerprint density at radius 3 is 2.78 bits per heavy atom. The number of likely N-dealkylation sites (tertiary alicyclic amines) is 1. The Kier molecular flexibility index (Phi) is 6.18. The van der Waals surface area contributed by atoms with Gasteiger partial charge < -0.3 is 4.90 Å². The van der Waals surface area contributed by atoms with Gasteiger partial charge in [-0.05, 0) is 56.4 Å². The van der Waals surface area contributed by atoms with Crippen molar-refractivity contribution in [3.63, 3.8) is 0 Å². The van der Waals surface area contributed by atoms with E-state index >= 15 is 0 Å². The van der Waals surface area contributed by atoms with Crippen LogP contribution in [0.3, 0.4) is 0 Å². The van der Waals surface area contributed by atoms with E-state index in [1.165, 1.54) is 0 Å². The minimum Gasteiger partial charge on any atom is -0.336 e. The van der Waals surface area contributed by atoms with Gasteiger partial charge in [0.1, 0.15) is 0 Å². The van der Waals surface area contributed by atoms with Gasteiger partial charge in [0.05, 0.1) is 30.8 Å². The molecular weight excluding hydrogens is 360 g/mol. The zero-order chi connectivity index (χ0) is 19.4. The Bertz CT molecular complexity index is 850. The van der Waals surface area contributed by atoms with Crippen LogP contribution in [-0.4, -0.2) is 27.1 Å². The lowest BCUT2D eigenvalue weighted by Gasteiger charge is -2.25. The Balaban J connectivity index is 1.66. The van der Waals surface area contributed by atoms with E-state index in [2.05, 4.69) is 11.2 Å². The maximum absolute atomic E-state index is 12.9. The van der Waals surface area contributed by atoms with Crippen LogP contribution in [0.25, 0.3) is 0 Å². The topological polar surface area (TPSA) is 61.9 Å². The van der Waals surface area contributed by atoms with E-state index in [9.17, 15) is 4.79 Å². The lowest BCUT2D eigenvalue weighted by molar-refractivity contribution is -0.132. The SMILES string of the molecule is Cc1nn(CCC#N)c(C)c1CCC(=O)N1CCC[C@H]1c1ccc(Cl)cc1. The molecule has 0 spiro atoms. The average Bonchev–Trinajstić information content (AvgIpc) is 3.24. The molecule has 1 aliphatic rings. The third-order valence-electron chi connectivity index (χ3n) is 5.38. The van der Waals surface area contributed by atoms with Gasteiger partial charge in [-0.15, -0.1) is 0 Å². The van der Waals surface area contributed by atoms with E-state index in [0.29, 0.717) is 30.8 Å². The summed E-state index contributed by atoms with van der Waals surface area (Å²) >= 11 is 5.99. The van der Waals surface area contributed by atoms with Crippen molar-refractivity contribution in [2.24, 2.45) is 0 Å². The number of hydrogen-bond acceptors (Lipinski definition) is 3. The van der Waals surface area contributed by atoms with Crippen LogP contribution in [0.2, 0.25) is 5.02 Å². The third-order valence-corrected chi connectivity index (χ3v) is 5.64. The van der Waals surface area contributed by atoms with Gasteiger partial charge in [-0.1, -0.05) is 23.7 Å². The van der Waals surface area contributed by atoms with E-state index in [1.54, 1.807) is 0 Å². The van der Waals surface area contributed by atoms with E-state index in [0.717, 1.165) is 41.9 Å². The Morgan fingerprint density at radius 1 is 1.33 bits per heavy atom. The van der Waals surface area contributed by atoms with Crippen molar-refractivity contribution in [1.29, 1.82) is 5.26 Å². The third kappa shape index (κ3) is 4.33. The second-order valence-electron chi connectivity index (χ2n) is 7.08. The molecule has 0 radical (unpaired) electrons. The number of carbonyl (C=O) groups is 1. The zero-order valence-electron chi connectivity index (χ0n) is 15.9. The molecule has 0 bridgehead atoms. The fraction of sp³-hybridized carbons (Fsp3) is 0.476. The van der Waals surface area contributed by atoms with Crippen LogP contribution in [0, 0.1) is 25.2 Å². The molecule has 2 aromatic rings. The summed E-state index contributed by atoms with van der Waals surface area (Å²) < 4.78 is 1.88. The first kappa shape index (κ1) is 19.4. The fourth-order valence-corrected chi connectivity index (χ4v) is 4.07. The summed E-state index contributed by atoms with van der Waals surface area (Å²) in [7, 11) is 0. The fourth-order valence-electron chi connectivity index (χ4n) is 3.94. The number of aryl methyl sites for hydroxylation is 2. The van der Waals surface area contributed by atoms with Gasteiger partial charge in [0.15, 0.2) is 0 Å². The van der Waals surface area contributed by atoms with Crippen LogP contribution in [0.1, 0.15) is 54.2 Å². The number of carbonyl (C=O) groups excluding carboxylic acids is 1. The number of aromatic nitrogens is 2. The number of nitriles is 1. The second kappa shape index (κ2) is 8.58. The van der Waals surface area contributed by atoms with E-state index in [-0.39, 0.29) is 11.9 Å². The number of halogens is 1. The van der Waals surface area contributed by atoms with Crippen molar-refractivity contribution in [2.45, 2.75) is 58.5 Å². The summed E-state index contributed by atoms with van der Waals surface area (Å²) in [5.74, 6) is 0.191. The van der Waals surface area contributed by atoms with Gasteiger partial charge in [0.25, 0.3) is 0 Å². The van der Waals surface area contributed by atoms with Crippen molar-refractivity contribution >= 4 is 17.5 Å². The lowest BCUT2D eigenvalue weighted by Crippen LogP contribution is -2.30. The lowest BCUT2D eigenvalue weighted by atomic mass is 10.0. The van der Waals surface area contributed by atoms with Gasteiger partial charge in [0.2, 0.25) is 5.91 Å². The summed E-state index contributed by atoms with van der Waals surface area (Å²) in [6, 6.07) is 10.1. The molecule has 2 heterocycles. The van der Waals surface area contributed by atoms with Gasteiger partial charge in [0, 0.05) is 23.7 Å². The molecule has 0 N–H and O–H groups in total. The van der Waals surface area contributed by atoms with Crippen molar-refractivity contribution < 1.29 is 4.79 Å². The molecule has 6 heteroatoms. The summed E-state index contributed by atoms with van der Waals surface area (Å²) in [6.45, 7) is 5.40. The minimum atomic E-state index is 0.148. The Labute approximate surface area is 165 Å². The molecule has 1 saturated heterocycles. The predicted octanol–water partition coefficient (Wildman–Crippen LogP) is 4.36. The molecule has 0 unspecified atom stereocenters. The maximum atomic E-state index is 12.9. The Morgan fingerprint density at radius 2 is 2.07 bits per heavy atom. The van der Waals surface area contributed by atoms with Crippen LogP contribution in [0.4, 0.5) is 0 Å². The van der Waals surface area contributed by atoms with Gasteiger partial charge in [-0.2, -0.15) is 10.4 Å². The van der Waals surface area contributed by atoms with Crippen molar-refractivity contribution in [3.05, 3.63) is 51.8 Å². The number of hydrogen-bond donors (Lipinski definition) is 0. The predicted molar refractivity (Wildman–Crippen MR) is 105 cm³/mol. The highest BCUT2D eigenvalue weighted by Crippen LogP contribution is 2.33. The number of rotatable bonds is 6. The van der Waals surface area contributed by atoms with Crippen molar-refractivity contribution in [2.75, 3.05) is 6.54 Å². The maximum Gasteiger partial charge on any atom is 0.223 e. The molecule has 1 aromatic carbocycles. The molecular formula is C21H25ClN4O. The first-order valence-electron chi connectivity index (χ1n) is 9.46.